The largest absolute Gasteiger partial charge is 0.372 e. The number of dihydropyridines is 1. The maximum absolute atomic E-state index is 12.8. The molecule has 1 N–H and O–H groups in total. The Hall–Kier alpha value is -2.36. The zero-order valence-electron chi connectivity index (χ0n) is 15.7. The van der Waals surface area contributed by atoms with E-state index in [0.29, 0.717) is 12.8 Å². The molecular formula is C23H26N2O2. The van der Waals surface area contributed by atoms with E-state index in [2.05, 4.69) is 34.5 Å². The van der Waals surface area contributed by atoms with Crippen molar-refractivity contribution in [2.75, 3.05) is 18.0 Å². The summed E-state index contributed by atoms with van der Waals surface area (Å²) in [6.45, 7) is 2.24. The van der Waals surface area contributed by atoms with Crippen molar-refractivity contribution in [1.82, 2.24) is 5.32 Å². The second kappa shape index (κ2) is 6.66. The van der Waals surface area contributed by atoms with E-state index < -0.39 is 0 Å². The Balaban J connectivity index is 1.58. The molecule has 0 saturated carbocycles. The van der Waals surface area contributed by atoms with Gasteiger partial charge in [-0.05, 0) is 56.2 Å². The summed E-state index contributed by atoms with van der Waals surface area (Å²) in [5, 5.41) is 3.48. The van der Waals surface area contributed by atoms with Crippen molar-refractivity contribution in [3.8, 4) is 0 Å². The normalized spacial score (nSPS) is 23.5. The van der Waals surface area contributed by atoms with E-state index in [-0.39, 0.29) is 17.5 Å². The van der Waals surface area contributed by atoms with Crippen molar-refractivity contribution >= 4 is 17.3 Å². The molecule has 1 fully saturated rings. The Morgan fingerprint density at radius 2 is 1.30 bits per heavy atom. The molecule has 4 nitrogen and oxygen atoms in total. The molecule has 27 heavy (non-hydrogen) atoms. The van der Waals surface area contributed by atoms with E-state index in [9.17, 15) is 9.59 Å². The van der Waals surface area contributed by atoms with Gasteiger partial charge in [0.1, 0.15) is 0 Å². The number of benzene rings is 1. The molecule has 0 atom stereocenters. The number of hydrogen-bond donors (Lipinski definition) is 1. The first-order chi connectivity index (χ1) is 13.2. The molecule has 0 radical (unpaired) electrons. The maximum atomic E-state index is 12.8. The average molecular weight is 362 g/mol. The zero-order chi connectivity index (χ0) is 18.4. The predicted octanol–water partition coefficient (Wildman–Crippen LogP) is 3.99. The number of ketones is 2. The van der Waals surface area contributed by atoms with Crippen LogP contribution < -0.4 is 10.2 Å². The van der Waals surface area contributed by atoms with Crippen LogP contribution in [0.1, 0.15) is 62.8 Å². The number of carbonyl (C=O) groups is 2. The summed E-state index contributed by atoms with van der Waals surface area (Å²) in [5.74, 6) is 0.245. The van der Waals surface area contributed by atoms with Crippen molar-refractivity contribution in [3.63, 3.8) is 0 Å². The molecule has 1 saturated heterocycles. The fraction of sp³-hybridized carbons (Fsp3) is 0.478. The van der Waals surface area contributed by atoms with Crippen LogP contribution in [-0.4, -0.2) is 24.7 Å². The minimum Gasteiger partial charge on any atom is -0.372 e. The summed E-state index contributed by atoms with van der Waals surface area (Å²) < 4.78 is 0. The van der Waals surface area contributed by atoms with Crippen molar-refractivity contribution < 1.29 is 9.59 Å². The van der Waals surface area contributed by atoms with Crippen LogP contribution in [0.3, 0.4) is 0 Å². The second-order valence-electron chi connectivity index (χ2n) is 8.18. The first kappa shape index (κ1) is 16.8. The summed E-state index contributed by atoms with van der Waals surface area (Å²) >= 11 is 0. The molecule has 0 spiro atoms. The van der Waals surface area contributed by atoms with Gasteiger partial charge in [-0.25, -0.2) is 0 Å². The first-order valence-corrected chi connectivity index (χ1v) is 10.4. The van der Waals surface area contributed by atoms with Crippen LogP contribution in [0, 0.1) is 0 Å². The van der Waals surface area contributed by atoms with E-state index >= 15 is 0 Å². The van der Waals surface area contributed by atoms with E-state index in [0.717, 1.165) is 66.9 Å². The highest BCUT2D eigenvalue weighted by molar-refractivity contribution is 6.06. The van der Waals surface area contributed by atoms with Gasteiger partial charge in [-0.2, -0.15) is 0 Å². The lowest BCUT2D eigenvalue weighted by Gasteiger charge is -2.37. The third-order valence-electron chi connectivity index (χ3n) is 6.49. The van der Waals surface area contributed by atoms with E-state index in [1.807, 2.05) is 0 Å². The average Bonchev–Trinajstić information content (AvgIpc) is 3.22. The fourth-order valence-electron chi connectivity index (χ4n) is 5.17. The highest BCUT2D eigenvalue weighted by Gasteiger charge is 2.40. The topological polar surface area (TPSA) is 49.4 Å². The molecule has 0 unspecified atom stereocenters. The van der Waals surface area contributed by atoms with Gasteiger partial charge < -0.3 is 10.2 Å². The van der Waals surface area contributed by atoms with Crippen molar-refractivity contribution in [2.45, 2.75) is 57.3 Å². The van der Waals surface area contributed by atoms with Crippen LogP contribution in [0.25, 0.3) is 0 Å². The predicted molar refractivity (Wildman–Crippen MR) is 106 cm³/mol. The van der Waals surface area contributed by atoms with Gasteiger partial charge in [0.25, 0.3) is 0 Å². The van der Waals surface area contributed by atoms with Gasteiger partial charge >= 0.3 is 0 Å². The van der Waals surface area contributed by atoms with Crippen LogP contribution >= 0.6 is 0 Å². The van der Waals surface area contributed by atoms with E-state index in [4.69, 9.17) is 0 Å². The lowest BCUT2D eigenvalue weighted by Crippen LogP contribution is -2.36. The lowest BCUT2D eigenvalue weighted by molar-refractivity contribution is -0.116. The molecule has 4 heteroatoms. The maximum Gasteiger partial charge on any atom is 0.161 e. The summed E-state index contributed by atoms with van der Waals surface area (Å²) in [5.41, 5.74) is 6.17. The Morgan fingerprint density at radius 1 is 0.741 bits per heavy atom. The molecule has 4 aliphatic rings. The molecule has 1 aromatic rings. The van der Waals surface area contributed by atoms with Gasteiger partial charge in [0.2, 0.25) is 0 Å². The highest BCUT2D eigenvalue weighted by atomic mass is 16.1. The number of nitrogens with zero attached hydrogens (tertiary/aromatic N) is 1. The fourth-order valence-corrected chi connectivity index (χ4v) is 5.17. The van der Waals surface area contributed by atoms with Gasteiger partial charge in [0, 0.05) is 60.1 Å². The number of hydrogen-bond acceptors (Lipinski definition) is 4. The van der Waals surface area contributed by atoms with Crippen molar-refractivity contribution in [2.24, 2.45) is 0 Å². The zero-order valence-corrected chi connectivity index (χ0v) is 15.7. The summed E-state index contributed by atoms with van der Waals surface area (Å²) in [6, 6.07) is 8.62. The standard InChI is InChI=1S/C23H26N2O2/c26-19-7-3-5-17-22(19)21(23-18(24-17)6-4-8-20(23)27)15-9-11-16(12-10-15)25-13-1-2-14-25/h9-12,21,24H,1-8,13-14H2. The molecule has 2 heterocycles. The number of anilines is 1. The summed E-state index contributed by atoms with van der Waals surface area (Å²) in [4.78, 5) is 28.1. The van der Waals surface area contributed by atoms with Gasteiger partial charge in [-0.3, -0.25) is 9.59 Å². The SMILES string of the molecule is O=C1CCCC2=C1C(c1ccc(N3CCCC3)cc1)C1=C(CCCC1=O)N2. The Kier molecular flexibility index (Phi) is 4.14. The number of allylic oxidation sites excluding steroid dienone is 4. The molecule has 2 aliphatic carbocycles. The minimum absolute atomic E-state index is 0.176. The molecule has 1 aromatic carbocycles. The number of nitrogens with one attached hydrogen (secondary N) is 1. The van der Waals surface area contributed by atoms with Gasteiger partial charge in [0.15, 0.2) is 11.6 Å². The summed E-state index contributed by atoms with van der Waals surface area (Å²) in [6.07, 6.45) is 7.34. The van der Waals surface area contributed by atoms with Gasteiger partial charge in [-0.15, -0.1) is 0 Å². The second-order valence-corrected chi connectivity index (χ2v) is 8.18. The lowest BCUT2D eigenvalue weighted by atomic mass is 9.71. The van der Waals surface area contributed by atoms with E-state index in [1.165, 1.54) is 18.5 Å². The van der Waals surface area contributed by atoms with E-state index in [1.54, 1.807) is 0 Å². The third kappa shape index (κ3) is 2.82. The van der Waals surface area contributed by atoms with Gasteiger partial charge in [0.05, 0.1) is 0 Å². The molecule has 0 bridgehead atoms. The van der Waals surface area contributed by atoms with Crippen LogP contribution in [0.2, 0.25) is 0 Å². The minimum atomic E-state index is -0.176. The Labute approximate surface area is 160 Å². The van der Waals surface area contributed by atoms with Crippen LogP contribution in [0.15, 0.2) is 46.8 Å². The molecule has 0 aromatic heterocycles. The number of Topliss-reactive ketones (excluding diaryl/α,β-unsaturated/α-hetero) is 2. The van der Waals surface area contributed by atoms with Gasteiger partial charge in [-0.1, -0.05) is 12.1 Å². The van der Waals surface area contributed by atoms with Crippen molar-refractivity contribution in [3.05, 3.63) is 52.4 Å². The van der Waals surface area contributed by atoms with Crippen LogP contribution in [0.4, 0.5) is 5.69 Å². The number of rotatable bonds is 2. The Bertz CT molecular complexity index is 815. The first-order valence-electron chi connectivity index (χ1n) is 10.4. The molecule has 0 amide bonds. The van der Waals surface area contributed by atoms with Crippen LogP contribution in [-0.2, 0) is 9.59 Å². The van der Waals surface area contributed by atoms with Crippen molar-refractivity contribution in [1.29, 1.82) is 0 Å². The molecule has 2 aliphatic heterocycles. The molecule has 5 rings (SSSR count). The third-order valence-corrected chi connectivity index (χ3v) is 6.49. The smallest absolute Gasteiger partial charge is 0.161 e. The highest BCUT2D eigenvalue weighted by Crippen LogP contribution is 2.45. The summed E-state index contributed by atoms with van der Waals surface area (Å²) in [7, 11) is 0. The Morgan fingerprint density at radius 3 is 1.85 bits per heavy atom. The quantitative estimate of drug-likeness (QED) is 0.864. The number of carbonyl (C=O) groups excluding carboxylic acids is 2. The molecule has 140 valence electrons. The molecular weight excluding hydrogens is 336 g/mol. The van der Waals surface area contributed by atoms with Crippen LogP contribution in [0.5, 0.6) is 0 Å². The monoisotopic (exact) mass is 362 g/mol.